The Labute approximate surface area is 108 Å². The number of hydrogen-bond acceptors (Lipinski definition) is 4. The number of rotatable bonds is 4. The average molecular weight is 254 g/mol. The molecule has 6 nitrogen and oxygen atoms in total. The summed E-state index contributed by atoms with van der Waals surface area (Å²) in [6.07, 6.45) is 1.26. The highest BCUT2D eigenvalue weighted by Crippen LogP contribution is 2.15. The third-order valence-electron chi connectivity index (χ3n) is 2.20. The molecule has 0 bridgehead atoms. The van der Waals surface area contributed by atoms with E-state index < -0.39 is 11.7 Å². The van der Waals surface area contributed by atoms with Gasteiger partial charge in [-0.3, -0.25) is 10.00 Å². The standard InChI is InChI=1S/C12H22N4O2/c1-6-13-7-9-8-14-16(5)10(9)15-11(17)18-12(2,3)4/h8,13H,6-7H2,1-5H3,(H,15,17). The van der Waals surface area contributed by atoms with Crippen LogP contribution in [0, 0.1) is 0 Å². The van der Waals surface area contributed by atoms with Crippen molar-refractivity contribution in [3.63, 3.8) is 0 Å². The molecule has 1 rings (SSSR count). The first-order valence-corrected chi connectivity index (χ1v) is 6.05. The quantitative estimate of drug-likeness (QED) is 0.860. The molecule has 1 heterocycles. The van der Waals surface area contributed by atoms with Crippen LogP contribution in [0.2, 0.25) is 0 Å². The minimum atomic E-state index is -0.509. The molecule has 1 aromatic heterocycles. The van der Waals surface area contributed by atoms with Gasteiger partial charge in [-0.2, -0.15) is 5.10 Å². The molecule has 102 valence electrons. The number of aryl methyl sites for hydroxylation is 1. The summed E-state index contributed by atoms with van der Waals surface area (Å²) in [6.45, 7) is 9.04. The van der Waals surface area contributed by atoms with Crippen molar-refractivity contribution >= 4 is 11.9 Å². The van der Waals surface area contributed by atoms with Crippen molar-refractivity contribution in [1.29, 1.82) is 0 Å². The summed E-state index contributed by atoms with van der Waals surface area (Å²) in [5.41, 5.74) is 0.426. The van der Waals surface area contributed by atoms with Gasteiger partial charge in [-0.15, -0.1) is 0 Å². The highest BCUT2D eigenvalue weighted by atomic mass is 16.6. The predicted octanol–water partition coefficient (Wildman–Crippen LogP) is 1.88. The lowest BCUT2D eigenvalue weighted by Crippen LogP contribution is -2.28. The van der Waals surface area contributed by atoms with Gasteiger partial charge in [-0.1, -0.05) is 6.92 Å². The number of nitrogens with one attached hydrogen (secondary N) is 2. The van der Waals surface area contributed by atoms with Gasteiger partial charge in [0.25, 0.3) is 0 Å². The van der Waals surface area contributed by atoms with E-state index in [2.05, 4.69) is 15.7 Å². The zero-order valence-electron chi connectivity index (χ0n) is 11.7. The van der Waals surface area contributed by atoms with Crippen molar-refractivity contribution < 1.29 is 9.53 Å². The molecule has 6 heteroatoms. The Morgan fingerprint density at radius 3 is 2.72 bits per heavy atom. The maximum Gasteiger partial charge on any atom is 0.413 e. The van der Waals surface area contributed by atoms with Crippen LogP contribution in [0.1, 0.15) is 33.3 Å². The summed E-state index contributed by atoms with van der Waals surface area (Å²) in [6, 6.07) is 0. The first-order valence-electron chi connectivity index (χ1n) is 6.05. The second kappa shape index (κ2) is 5.86. The molecular formula is C12H22N4O2. The SMILES string of the molecule is CCNCc1cnn(C)c1NC(=O)OC(C)(C)C. The molecule has 0 spiro atoms. The number of nitrogens with zero attached hydrogens (tertiary/aromatic N) is 2. The maximum absolute atomic E-state index is 11.7. The molecule has 0 saturated carbocycles. The molecule has 0 fully saturated rings. The zero-order chi connectivity index (χ0) is 13.8. The fourth-order valence-electron chi connectivity index (χ4n) is 1.43. The molecule has 0 aliphatic rings. The minimum Gasteiger partial charge on any atom is -0.444 e. The summed E-state index contributed by atoms with van der Waals surface area (Å²) in [5.74, 6) is 0.658. The van der Waals surface area contributed by atoms with E-state index in [9.17, 15) is 4.79 Å². The van der Waals surface area contributed by atoms with Gasteiger partial charge in [0.05, 0.1) is 6.20 Å². The predicted molar refractivity (Wildman–Crippen MR) is 70.4 cm³/mol. The van der Waals surface area contributed by atoms with Gasteiger partial charge in [0, 0.05) is 19.2 Å². The van der Waals surface area contributed by atoms with Crippen LogP contribution in [0.4, 0.5) is 10.6 Å². The van der Waals surface area contributed by atoms with Gasteiger partial charge in [0.15, 0.2) is 0 Å². The number of aromatic nitrogens is 2. The molecule has 18 heavy (non-hydrogen) atoms. The summed E-state index contributed by atoms with van der Waals surface area (Å²) in [4.78, 5) is 11.7. The monoisotopic (exact) mass is 254 g/mol. The molecule has 0 saturated heterocycles. The topological polar surface area (TPSA) is 68.2 Å². The van der Waals surface area contributed by atoms with E-state index in [0.29, 0.717) is 12.4 Å². The van der Waals surface area contributed by atoms with Gasteiger partial charge in [-0.25, -0.2) is 4.79 Å². The van der Waals surface area contributed by atoms with Crippen LogP contribution < -0.4 is 10.6 Å². The fourth-order valence-corrected chi connectivity index (χ4v) is 1.43. The van der Waals surface area contributed by atoms with E-state index in [1.807, 2.05) is 27.7 Å². The molecule has 0 unspecified atom stereocenters. The first-order chi connectivity index (χ1) is 8.33. The Kier molecular flexibility index (Phi) is 4.72. The Balaban J connectivity index is 2.71. The van der Waals surface area contributed by atoms with E-state index in [-0.39, 0.29) is 0 Å². The Bertz CT molecular complexity index is 407. The Hall–Kier alpha value is -1.56. The van der Waals surface area contributed by atoms with Crippen LogP contribution in [0.5, 0.6) is 0 Å². The molecule has 2 N–H and O–H groups in total. The molecule has 0 aliphatic carbocycles. The molecule has 1 aromatic rings. The molecule has 1 amide bonds. The number of anilines is 1. The van der Waals surface area contributed by atoms with E-state index in [4.69, 9.17) is 4.74 Å². The van der Waals surface area contributed by atoms with Crippen LogP contribution in [0.3, 0.4) is 0 Å². The fraction of sp³-hybridized carbons (Fsp3) is 0.667. The summed E-state index contributed by atoms with van der Waals surface area (Å²) >= 11 is 0. The smallest absolute Gasteiger partial charge is 0.413 e. The maximum atomic E-state index is 11.7. The van der Waals surface area contributed by atoms with Gasteiger partial charge >= 0.3 is 6.09 Å². The molecule has 0 radical (unpaired) electrons. The van der Waals surface area contributed by atoms with Crippen LogP contribution in [-0.2, 0) is 18.3 Å². The van der Waals surface area contributed by atoms with Crippen LogP contribution in [0.15, 0.2) is 6.20 Å². The number of carbonyl (C=O) groups excluding carboxylic acids is 1. The van der Waals surface area contributed by atoms with Gasteiger partial charge in [0.1, 0.15) is 11.4 Å². The Morgan fingerprint density at radius 2 is 2.17 bits per heavy atom. The molecule has 0 aromatic carbocycles. The van der Waals surface area contributed by atoms with E-state index in [1.165, 1.54) is 0 Å². The number of carbonyl (C=O) groups is 1. The number of amides is 1. The van der Waals surface area contributed by atoms with Crippen molar-refractivity contribution in [1.82, 2.24) is 15.1 Å². The normalized spacial score (nSPS) is 11.4. The third-order valence-corrected chi connectivity index (χ3v) is 2.20. The highest BCUT2D eigenvalue weighted by molar-refractivity contribution is 5.84. The van der Waals surface area contributed by atoms with E-state index >= 15 is 0 Å². The van der Waals surface area contributed by atoms with Gasteiger partial charge < -0.3 is 10.1 Å². The number of hydrogen-bond donors (Lipinski definition) is 2. The third kappa shape index (κ3) is 4.37. The van der Waals surface area contributed by atoms with E-state index in [1.54, 1.807) is 17.9 Å². The van der Waals surface area contributed by atoms with Crippen molar-refractivity contribution in [2.45, 2.75) is 39.8 Å². The zero-order valence-corrected chi connectivity index (χ0v) is 11.7. The molecular weight excluding hydrogens is 232 g/mol. The summed E-state index contributed by atoms with van der Waals surface area (Å²) in [5, 5.41) is 10.0. The van der Waals surface area contributed by atoms with Crippen molar-refractivity contribution in [3.8, 4) is 0 Å². The minimum absolute atomic E-state index is 0.469. The van der Waals surface area contributed by atoms with E-state index in [0.717, 1.165) is 12.1 Å². The number of ether oxygens (including phenoxy) is 1. The lowest BCUT2D eigenvalue weighted by atomic mass is 10.2. The molecule has 0 atom stereocenters. The van der Waals surface area contributed by atoms with Gasteiger partial charge in [-0.05, 0) is 27.3 Å². The second-order valence-electron chi connectivity index (χ2n) is 5.05. The van der Waals surface area contributed by atoms with Crippen molar-refractivity contribution in [2.24, 2.45) is 7.05 Å². The average Bonchev–Trinajstić information content (AvgIpc) is 2.55. The first kappa shape index (κ1) is 14.5. The lowest BCUT2D eigenvalue weighted by Gasteiger charge is -2.20. The summed E-state index contributed by atoms with van der Waals surface area (Å²) < 4.78 is 6.84. The van der Waals surface area contributed by atoms with Crippen LogP contribution in [0.25, 0.3) is 0 Å². The van der Waals surface area contributed by atoms with Crippen LogP contribution in [-0.4, -0.2) is 28.0 Å². The largest absolute Gasteiger partial charge is 0.444 e. The highest BCUT2D eigenvalue weighted by Gasteiger charge is 2.18. The summed E-state index contributed by atoms with van der Waals surface area (Å²) in [7, 11) is 1.78. The Morgan fingerprint density at radius 1 is 1.50 bits per heavy atom. The van der Waals surface area contributed by atoms with Crippen molar-refractivity contribution in [3.05, 3.63) is 11.8 Å². The lowest BCUT2D eigenvalue weighted by molar-refractivity contribution is 0.0634. The van der Waals surface area contributed by atoms with Crippen molar-refractivity contribution in [2.75, 3.05) is 11.9 Å². The molecule has 0 aliphatic heterocycles. The van der Waals surface area contributed by atoms with Gasteiger partial charge in [0.2, 0.25) is 0 Å². The van der Waals surface area contributed by atoms with Crippen LogP contribution >= 0.6 is 0 Å². The second-order valence-corrected chi connectivity index (χ2v) is 5.05.